The summed E-state index contributed by atoms with van der Waals surface area (Å²) in [7, 11) is 6.00. The highest BCUT2D eigenvalue weighted by Crippen LogP contribution is 2.19. The van der Waals surface area contributed by atoms with Crippen molar-refractivity contribution in [3.05, 3.63) is 42.6 Å². The summed E-state index contributed by atoms with van der Waals surface area (Å²) in [6.45, 7) is 3.44. The van der Waals surface area contributed by atoms with Gasteiger partial charge in [0.25, 0.3) is 5.91 Å². The van der Waals surface area contributed by atoms with Crippen LogP contribution < -0.4 is 10.2 Å². The van der Waals surface area contributed by atoms with Crippen molar-refractivity contribution < 1.29 is 9.59 Å². The van der Waals surface area contributed by atoms with Crippen LogP contribution in [-0.2, 0) is 4.79 Å². The van der Waals surface area contributed by atoms with Gasteiger partial charge in [0.1, 0.15) is 5.70 Å². The van der Waals surface area contributed by atoms with Crippen molar-refractivity contribution in [1.29, 1.82) is 0 Å². The predicted molar refractivity (Wildman–Crippen MR) is 71.2 cm³/mol. The van der Waals surface area contributed by atoms with E-state index in [1.54, 1.807) is 24.3 Å². The van der Waals surface area contributed by atoms with Gasteiger partial charge in [-0.2, -0.15) is 0 Å². The van der Waals surface area contributed by atoms with Crippen LogP contribution in [0.25, 0.3) is 0 Å². The van der Waals surface area contributed by atoms with Crippen LogP contribution in [0.1, 0.15) is 0 Å². The second-order valence-corrected chi connectivity index (χ2v) is 4.23. The Morgan fingerprint density at radius 1 is 1.11 bits per heavy atom. The molecule has 1 aliphatic rings. The molecule has 1 fully saturated rings. The summed E-state index contributed by atoms with van der Waals surface area (Å²) in [5.74, 6) is -0.402. The van der Waals surface area contributed by atoms with E-state index in [-0.39, 0.29) is 5.70 Å². The third-order valence-corrected chi connectivity index (χ3v) is 1.94. The molecule has 5 heteroatoms. The Balaban J connectivity index is 0.000000357. The minimum Gasteiger partial charge on any atom is -0.312 e. The first-order chi connectivity index (χ1) is 8.43. The molecule has 1 aromatic rings. The molecular weight excluding hydrogens is 230 g/mol. The number of nitrogens with one attached hydrogen (secondary N) is 1. The van der Waals surface area contributed by atoms with Crippen LogP contribution in [0, 0.1) is 0 Å². The smallest absolute Gasteiger partial charge is 0.312 e. The number of rotatable bonds is 1. The highest BCUT2D eigenvalue weighted by Gasteiger charge is 2.33. The highest BCUT2D eigenvalue weighted by atomic mass is 16.2. The topological polar surface area (TPSA) is 52.7 Å². The lowest BCUT2D eigenvalue weighted by atomic mass is 10.3. The molecule has 0 spiro atoms. The maximum absolute atomic E-state index is 11.5. The van der Waals surface area contributed by atoms with Crippen LogP contribution in [0.15, 0.2) is 42.6 Å². The zero-order chi connectivity index (χ0) is 13.7. The van der Waals surface area contributed by atoms with E-state index in [2.05, 4.69) is 11.9 Å². The predicted octanol–water partition coefficient (Wildman–Crippen LogP) is 1.43. The molecule has 2 rings (SSSR count). The fraction of sp³-hybridized carbons (Fsp3) is 0.231. The van der Waals surface area contributed by atoms with Crippen LogP contribution in [0.3, 0.4) is 0 Å². The zero-order valence-electron chi connectivity index (χ0n) is 10.8. The molecule has 5 nitrogen and oxygen atoms in total. The summed E-state index contributed by atoms with van der Waals surface area (Å²) in [6, 6.07) is 8.27. The number of urea groups is 1. The molecule has 96 valence electrons. The lowest BCUT2D eigenvalue weighted by molar-refractivity contribution is -0.113. The molecule has 0 unspecified atom stereocenters. The molecule has 0 radical (unpaired) electrons. The van der Waals surface area contributed by atoms with E-state index >= 15 is 0 Å². The van der Waals surface area contributed by atoms with Gasteiger partial charge < -0.3 is 10.2 Å². The van der Waals surface area contributed by atoms with Crippen molar-refractivity contribution in [1.82, 2.24) is 10.2 Å². The van der Waals surface area contributed by atoms with Gasteiger partial charge >= 0.3 is 6.03 Å². The Hall–Kier alpha value is -2.14. The average Bonchev–Trinajstić information content (AvgIpc) is 2.53. The van der Waals surface area contributed by atoms with E-state index in [9.17, 15) is 9.59 Å². The third-order valence-electron chi connectivity index (χ3n) is 1.94. The van der Waals surface area contributed by atoms with Gasteiger partial charge in [-0.05, 0) is 33.3 Å². The van der Waals surface area contributed by atoms with Crippen LogP contribution in [0.2, 0.25) is 0 Å². The summed E-state index contributed by atoms with van der Waals surface area (Å²) in [5.41, 5.74) is 0.660. The van der Waals surface area contributed by atoms with Gasteiger partial charge in [-0.15, -0.1) is 0 Å². The molecule has 0 atom stereocenters. The number of anilines is 1. The molecule has 1 heterocycles. The first-order valence-corrected chi connectivity index (χ1v) is 5.43. The first-order valence-electron chi connectivity index (χ1n) is 5.43. The van der Waals surface area contributed by atoms with E-state index in [1.807, 2.05) is 32.1 Å². The lowest BCUT2D eigenvalue weighted by Crippen LogP contribution is -2.30. The average molecular weight is 247 g/mol. The van der Waals surface area contributed by atoms with Gasteiger partial charge in [0, 0.05) is 0 Å². The third kappa shape index (κ3) is 3.43. The zero-order valence-corrected chi connectivity index (χ0v) is 10.8. The van der Waals surface area contributed by atoms with Gasteiger partial charge in [-0.25, -0.2) is 9.69 Å². The summed E-state index contributed by atoms with van der Waals surface area (Å²) < 4.78 is 0. The fourth-order valence-electron chi connectivity index (χ4n) is 1.28. The first kappa shape index (κ1) is 13.9. The van der Waals surface area contributed by atoms with E-state index in [0.29, 0.717) is 5.69 Å². The molecule has 1 aromatic carbocycles. The minimum absolute atomic E-state index is 0.110. The lowest BCUT2D eigenvalue weighted by Gasteiger charge is -2.10. The number of hydrogen-bond donors (Lipinski definition) is 1. The standard InChI is InChI=1S/C10H8N2O2.C3H9N/c1-7-9(13)12(10(14)11-7)8-5-3-2-4-6-8;1-4(2)3/h2-6H,1H2,(H,11,14);1-3H3. The summed E-state index contributed by atoms with van der Waals surface area (Å²) in [4.78, 5) is 25.8. The number of hydrogen-bond acceptors (Lipinski definition) is 3. The van der Waals surface area contributed by atoms with Crippen molar-refractivity contribution in [3.8, 4) is 0 Å². The number of carbonyl (C=O) groups excluding carboxylic acids is 2. The monoisotopic (exact) mass is 247 g/mol. The molecule has 0 saturated carbocycles. The van der Waals surface area contributed by atoms with Crippen molar-refractivity contribution in [2.75, 3.05) is 26.0 Å². The molecule has 0 aromatic heterocycles. The number of nitrogens with zero attached hydrogens (tertiary/aromatic N) is 2. The van der Waals surface area contributed by atoms with Crippen molar-refractivity contribution in [2.24, 2.45) is 0 Å². The van der Waals surface area contributed by atoms with Gasteiger partial charge in [-0.1, -0.05) is 24.8 Å². The van der Waals surface area contributed by atoms with Crippen molar-refractivity contribution >= 4 is 17.6 Å². The van der Waals surface area contributed by atoms with Crippen molar-refractivity contribution in [3.63, 3.8) is 0 Å². The normalized spacial score (nSPS) is 14.4. The minimum atomic E-state index is -0.453. The molecule has 0 aliphatic carbocycles. The largest absolute Gasteiger partial charge is 0.333 e. The van der Waals surface area contributed by atoms with Gasteiger partial charge in [0.15, 0.2) is 0 Å². The second-order valence-electron chi connectivity index (χ2n) is 4.23. The number of carbonyl (C=O) groups is 2. The van der Waals surface area contributed by atoms with Crippen molar-refractivity contribution in [2.45, 2.75) is 0 Å². The van der Waals surface area contributed by atoms with E-state index < -0.39 is 11.9 Å². The highest BCUT2D eigenvalue weighted by molar-refractivity contribution is 6.26. The quantitative estimate of drug-likeness (QED) is 0.603. The Labute approximate surface area is 107 Å². The summed E-state index contributed by atoms with van der Waals surface area (Å²) in [6.07, 6.45) is 0. The molecule has 1 saturated heterocycles. The van der Waals surface area contributed by atoms with Gasteiger partial charge in [0.05, 0.1) is 5.69 Å². The molecule has 0 bridgehead atoms. The Kier molecular flexibility index (Phi) is 4.62. The van der Waals surface area contributed by atoms with Crippen LogP contribution in [0.4, 0.5) is 10.5 Å². The summed E-state index contributed by atoms with van der Waals surface area (Å²) in [5, 5.41) is 2.36. The number of imide groups is 1. The van der Waals surface area contributed by atoms with Crippen LogP contribution >= 0.6 is 0 Å². The van der Waals surface area contributed by atoms with E-state index in [0.717, 1.165) is 4.90 Å². The molecule has 3 amide bonds. The number of amides is 3. The van der Waals surface area contributed by atoms with E-state index in [1.165, 1.54) is 0 Å². The molecule has 1 N–H and O–H groups in total. The summed E-state index contributed by atoms with van der Waals surface area (Å²) >= 11 is 0. The fourth-order valence-corrected chi connectivity index (χ4v) is 1.28. The molecule has 18 heavy (non-hydrogen) atoms. The number of benzene rings is 1. The maximum atomic E-state index is 11.5. The van der Waals surface area contributed by atoms with Gasteiger partial charge in [0.2, 0.25) is 0 Å². The maximum Gasteiger partial charge on any atom is 0.333 e. The second kappa shape index (κ2) is 5.97. The SMILES string of the molecule is C=C1NC(=O)N(c2ccccc2)C1=O.CN(C)C. The van der Waals surface area contributed by atoms with Crippen LogP contribution in [0.5, 0.6) is 0 Å². The Morgan fingerprint density at radius 3 is 2.00 bits per heavy atom. The van der Waals surface area contributed by atoms with E-state index in [4.69, 9.17) is 0 Å². The Morgan fingerprint density at radius 2 is 1.61 bits per heavy atom. The number of para-hydroxylation sites is 1. The van der Waals surface area contributed by atoms with Crippen LogP contribution in [-0.4, -0.2) is 38.0 Å². The molecule has 1 aliphatic heterocycles. The molecular formula is C13H17N3O2. The van der Waals surface area contributed by atoms with Gasteiger partial charge in [-0.3, -0.25) is 4.79 Å². The Bertz CT molecular complexity index is 452.